The number of hydrogen-bond acceptors (Lipinski definition) is 2. The Bertz CT molecular complexity index is 673. The third-order valence-electron chi connectivity index (χ3n) is 3.42. The van der Waals surface area contributed by atoms with Crippen LogP contribution in [0.5, 0.6) is 0 Å². The third kappa shape index (κ3) is 4.05. The van der Waals surface area contributed by atoms with Crippen LogP contribution < -0.4 is 10.6 Å². The van der Waals surface area contributed by atoms with Gasteiger partial charge < -0.3 is 15.7 Å². The maximum absolute atomic E-state index is 13.2. The van der Waals surface area contributed by atoms with Crippen molar-refractivity contribution in [3.8, 4) is 0 Å². The predicted molar refractivity (Wildman–Crippen MR) is 84.3 cm³/mol. The number of hydrogen-bond donors (Lipinski definition) is 3. The molecule has 3 N–H and O–H groups in total. The van der Waals surface area contributed by atoms with Crippen molar-refractivity contribution in [3.63, 3.8) is 0 Å². The highest BCUT2D eigenvalue weighted by Crippen LogP contribution is 2.16. The highest BCUT2D eigenvalue weighted by Gasteiger charge is 2.11. The summed E-state index contributed by atoms with van der Waals surface area (Å²) in [6.07, 6.45) is -0.776. The summed E-state index contributed by atoms with van der Waals surface area (Å²) < 4.78 is 13.2. The van der Waals surface area contributed by atoms with Crippen LogP contribution in [-0.4, -0.2) is 17.7 Å². The normalized spacial score (nSPS) is 11.8. The number of amides is 2. The van der Waals surface area contributed by atoms with Crippen molar-refractivity contribution in [2.24, 2.45) is 0 Å². The molecular weight excluding hydrogens is 283 g/mol. The number of aliphatic hydroxyl groups is 1. The Labute approximate surface area is 129 Å². The third-order valence-corrected chi connectivity index (χ3v) is 3.42. The van der Waals surface area contributed by atoms with Gasteiger partial charge in [0.05, 0.1) is 6.10 Å². The lowest BCUT2D eigenvalue weighted by molar-refractivity contribution is 0.174. The number of carbonyl (C=O) groups excluding carboxylic acids is 1. The molecule has 1 atom stereocenters. The van der Waals surface area contributed by atoms with Gasteiger partial charge in [-0.15, -0.1) is 0 Å². The van der Waals surface area contributed by atoms with Crippen LogP contribution in [0.1, 0.15) is 22.8 Å². The number of anilines is 1. The van der Waals surface area contributed by atoms with Crippen molar-refractivity contribution in [3.05, 3.63) is 65.0 Å². The first kappa shape index (κ1) is 16.0. The Morgan fingerprint density at radius 1 is 1.18 bits per heavy atom. The van der Waals surface area contributed by atoms with E-state index in [1.54, 1.807) is 13.0 Å². The van der Waals surface area contributed by atoms with Gasteiger partial charge in [-0.25, -0.2) is 9.18 Å². The van der Waals surface area contributed by atoms with E-state index in [1.807, 2.05) is 31.2 Å². The summed E-state index contributed by atoms with van der Waals surface area (Å²) in [5, 5.41) is 15.3. The molecule has 0 saturated heterocycles. The Morgan fingerprint density at radius 2 is 1.91 bits per heavy atom. The molecule has 2 aromatic rings. The van der Waals surface area contributed by atoms with E-state index in [4.69, 9.17) is 0 Å². The van der Waals surface area contributed by atoms with Crippen LogP contribution in [0, 0.1) is 19.7 Å². The van der Waals surface area contributed by atoms with E-state index in [2.05, 4.69) is 10.6 Å². The fraction of sp³-hybridized carbons (Fsp3) is 0.235. The number of rotatable bonds is 4. The number of carbonyl (C=O) groups is 1. The number of urea groups is 1. The summed E-state index contributed by atoms with van der Waals surface area (Å²) in [6, 6.07) is 11.3. The molecule has 0 saturated carbocycles. The van der Waals surface area contributed by atoms with Crippen molar-refractivity contribution in [1.29, 1.82) is 0 Å². The SMILES string of the molecule is Cc1cc(NC(=O)NCC(O)c2ccccc2C)ccc1F. The molecule has 2 rings (SSSR count). The van der Waals surface area contributed by atoms with Crippen molar-refractivity contribution in [1.82, 2.24) is 5.32 Å². The minimum Gasteiger partial charge on any atom is -0.387 e. The van der Waals surface area contributed by atoms with Crippen LogP contribution in [-0.2, 0) is 0 Å². The van der Waals surface area contributed by atoms with Crippen molar-refractivity contribution in [2.45, 2.75) is 20.0 Å². The Hall–Kier alpha value is -2.40. The smallest absolute Gasteiger partial charge is 0.319 e. The zero-order chi connectivity index (χ0) is 16.1. The molecular formula is C17H19FN2O2. The predicted octanol–water partition coefficient (Wildman–Crippen LogP) is 3.30. The van der Waals surface area contributed by atoms with E-state index >= 15 is 0 Å². The summed E-state index contributed by atoms with van der Waals surface area (Å²) in [5.74, 6) is -0.319. The van der Waals surface area contributed by atoms with Gasteiger partial charge in [0.15, 0.2) is 0 Å². The van der Waals surface area contributed by atoms with E-state index in [9.17, 15) is 14.3 Å². The first-order chi connectivity index (χ1) is 10.5. The van der Waals surface area contributed by atoms with Gasteiger partial charge in [0.2, 0.25) is 0 Å². The quantitative estimate of drug-likeness (QED) is 0.811. The van der Waals surface area contributed by atoms with Gasteiger partial charge in [0.1, 0.15) is 5.82 Å². The van der Waals surface area contributed by atoms with Gasteiger partial charge in [-0.05, 0) is 48.7 Å². The number of benzene rings is 2. The summed E-state index contributed by atoms with van der Waals surface area (Å²) in [6.45, 7) is 3.62. The molecule has 0 radical (unpaired) electrons. The largest absolute Gasteiger partial charge is 0.387 e. The number of aliphatic hydroxyl groups excluding tert-OH is 1. The van der Waals surface area contributed by atoms with E-state index in [0.717, 1.165) is 11.1 Å². The molecule has 0 spiro atoms. The Morgan fingerprint density at radius 3 is 2.59 bits per heavy atom. The molecule has 0 heterocycles. The molecule has 0 fully saturated rings. The van der Waals surface area contributed by atoms with E-state index in [1.165, 1.54) is 12.1 Å². The van der Waals surface area contributed by atoms with E-state index in [0.29, 0.717) is 11.3 Å². The topological polar surface area (TPSA) is 61.4 Å². The van der Waals surface area contributed by atoms with Crippen LogP contribution in [0.25, 0.3) is 0 Å². The second-order valence-corrected chi connectivity index (χ2v) is 5.17. The fourth-order valence-electron chi connectivity index (χ4n) is 2.16. The fourth-order valence-corrected chi connectivity index (χ4v) is 2.16. The molecule has 0 aliphatic heterocycles. The standard InChI is InChI=1S/C17H19FN2O2/c1-11-5-3-4-6-14(11)16(21)10-19-17(22)20-13-7-8-15(18)12(2)9-13/h3-9,16,21H,10H2,1-2H3,(H2,19,20,22). The molecule has 116 valence electrons. The molecule has 0 aliphatic carbocycles. The molecule has 2 aromatic carbocycles. The average molecular weight is 302 g/mol. The zero-order valence-corrected chi connectivity index (χ0v) is 12.6. The van der Waals surface area contributed by atoms with Gasteiger partial charge in [-0.3, -0.25) is 0 Å². The van der Waals surface area contributed by atoms with Crippen LogP contribution in [0.3, 0.4) is 0 Å². The van der Waals surface area contributed by atoms with Gasteiger partial charge in [-0.1, -0.05) is 24.3 Å². The van der Waals surface area contributed by atoms with Gasteiger partial charge in [0, 0.05) is 12.2 Å². The molecule has 5 heteroatoms. The van der Waals surface area contributed by atoms with Crippen LogP contribution in [0.15, 0.2) is 42.5 Å². The van der Waals surface area contributed by atoms with E-state index < -0.39 is 12.1 Å². The molecule has 0 aliphatic rings. The minimum absolute atomic E-state index is 0.0941. The number of halogens is 1. The molecule has 2 amide bonds. The van der Waals surface area contributed by atoms with Crippen LogP contribution in [0.2, 0.25) is 0 Å². The lowest BCUT2D eigenvalue weighted by Gasteiger charge is -2.15. The van der Waals surface area contributed by atoms with Gasteiger partial charge >= 0.3 is 6.03 Å². The zero-order valence-electron chi connectivity index (χ0n) is 12.6. The number of nitrogens with one attached hydrogen (secondary N) is 2. The van der Waals surface area contributed by atoms with Crippen molar-refractivity contribution >= 4 is 11.7 Å². The van der Waals surface area contributed by atoms with E-state index in [-0.39, 0.29) is 12.4 Å². The first-order valence-electron chi connectivity index (χ1n) is 7.02. The summed E-state index contributed by atoms with van der Waals surface area (Å²) in [5.41, 5.74) is 2.70. The second kappa shape index (κ2) is 7.04. The summed E-state index contributed by atoms with van der Waals surface area (Å²) >= 11 is 0. The number of aryl methyl sites for hydroxylation is 2. The summed E-state index contributed by atoms with van der Waals surface area (Å²) in [4.78, 5) is 11.8. The Balaban J connectivity index is 1.90. The van der Waals surface area contributed by atoms with Gasteiger partial charge in [-0.2, -0.15) is 0 Å². The van der Waals surface area contributed by atoms with Crippen molar-refractivity contribution in [2.75, 3.05) is 11.9 Å². The molecule has 4 nitrogen and oxygen atoms in total. The molecule has 22 heavy (non-hydrogen) atoms. The maximum Gasteiger partial charge on any atom is 0.319 e. The molecule has 0 bridgehead atoms. The second-order valence-electron chi connectivity index (χ2n) is 5.17. The summed E-state index contributed by atoms with van der Waals surface area (Å²) in [7, 11) is 0. The lowest BCUT2D eigenvalue weighted by Crippen LogP contribution is -2.32. The lowest BCUT2D eigenvalue weighted by atomic mass is 10.0. The monoisotopic (exact) mass is 302 g/mol. The van der Waals surface area contributed by atoms with Crippen LogP contribution in [0.4, 0.5) is 14.9 Å². The molecule has 1 unspecified atom stereocenters. The van der Waals surface area contributed by atoms with Gasteiger partial charge in [0.25, 0.3) is 0 Å². The maximum atomic E-state index is 13.2. The average Bonchev–Trinajstić information content (AvgIpc) is 2.49. The Kier molecular flexibility index (Phi) is 5.12. The van der Waals surface area contributed by atoms with Crippen molar-refractivity contribution < 1.29 is 14.3 Å². The minimum atomic E-state index is -0.776. The first-order valence-corrected chi connectivity index (χ1v) is 7.02. The highest BCUT2D eigenvalue weighted by atomic mass is 19.1. The molecule has 0 aromatic heterocycles. The van der Waals surface area contributed by atoms with Crippen LogP contribution >= 0.6 is 0 Å². The highest BCUT2D eigenvalue weighted by molar-refractivity contribution is 5.89.